The molecule has 2 atom stereocenters. The van der Waals surface area contributed by atoms with Gasteiger partial charge in [0.15, 0.2) is 0 Å². The van der Waals surface area contributed by atoms with Gasteiger partial charge in [0.25, 0.3) is 5.91 Å². The molecule has 10 heteroatoms. The van der Waals surface area contributed by atoms with Gasteiger partial charge < -0.3 is 10.1 Å². The summed E-state index contributed by atoms with van der Waals surface area (Å²) in [5.41, 5.74) is 2.80. The quantitative estimate of drug-likeness (QED) is 0.521. The summed E-state index contributed by atoms with van der Waals surface area (Å²) in [5, 5.41) is 3.95. The molecular formula is C14H22Cl3N3O4. The number of amides is 2. The van der Waals surface area contributed by atoms with E-state index in [1.165, 1.54) is 5.01 Å². The highest BCUT2D eigenvalue weighted by molar-refractivity contribution is 6.67. The third-order valence-electron chi connectivity index (χ3n) is 3.34. The predicted octanol–water partition coefficient (Wildman–Crippen LogP) is 1.70. The van der Waals surface area contributed by atoms with Crippen LogP contribution in [0.5, 0.6) is 0 Å². The molecule has 1 saturated heterocycles. The van der Waals surface area contributed by atoms with Gasteiger partial charge in [-0.3, -0.25) is 19.4 Å². The zero-order chi connectivity index (χ0) is 18.3. The van der Waals surface area contributed by atoms with Gasteiger partial charge in [-0.15, -0.1) is 0 Å². The van der Waals surface area contributed by atoms with E-state index in [0.29, 0.717) is 32.2 Å². The predicted molar refractivity (Wildman–Crippen MR) is 91.6 cm³/mol. The molecule has 2 amide bonds. The van der Waals surface area contributed by atoms with Crippen molar-refractivity contribution in [3.05, 3.63) is 0 Å². The lowest BCUT2D eigenvalue weighted by Crippen LogP contribution is -2.59. The first kappa shape index (κ1) is 21.3. The third-order valence-corrected chi connectivity index (χ3v) is 3.67. The van der Waals surface area contributed by atoms with Crippen LogP contribution in [0.1, 0.15) is 39.5 Å². The molecule has 0 aromatic carbocycles. The molecule has 0 aromatic rings. The van der Waals surface area contributed by atoms with Crippen LogP contribution in [0.15, 0.2) is 0 Å². The molecule has 0 aromatic heterocycles. The van der Waals surface area contributed by atoms with E-state index in [1.54, 1.807) is 6.92 Å². The van der Waals surface area contributed by atoms with E-state index < -0.39 is 21.8 Å². The Balaban J connectivity index is 2.53. The van der Waals surface area contributed by atoms with Crippen molar-refractivity contribution in [2.45, 2.75) is 55.4 Å². The van der Waals surface area contributed by atoms with Crippen molar-refractivity contribution in [1.29, 1.82) is 0 Å². The number of halogens is 3. The number of nitrogens with one attached hydrogen (secondary N) is 2. The first-order valence-electron chi connectivity index (χ1n) is 7.74. The Hall–Kier alpha value is -0.760. The van der Waals surface area contributed by atoms with Gasteiger partial charge in [-0.05, 0) is 26.2 Å². The molecule has 1 fully saturated rings. The number of nitrogens with zero attached hydrogens (tertiary/aromatic N) is 1. The van der Waals surface area contributed by atoms with Crippen LogP contribution in [0.2, 0.25) is 0 Å². The molecule has 0 spiro atoms. The van der Waals surface area contributed by atoms with Crippen molar-refractivity contribution < 1.29 is 19.1 Å². The Morgan fingerprint density at radius 3 is 2.62 bits per heavy atom. The molecule has 1 aliphatic rings. The van der Waals surface area contributed by atoms with E-state index in [2.05, 4.69) is 10.7 Å². The topological polar surface area (TPSA) is 87.7 Å². The lowest BCUT2D eigenvalue weighted by Gasteiger charge is -2.34. The van der Waals surface area contributed by atoms with Crippen LogP contribution in [-0.4, -0.2) is 51.8 Å². The van der Waals surface area contributed by atoms with Crippen molar-refractivity contribution in [3.63, 3.8) is 0 Å². The first-order valence-corrected chi connectivity index (χ1v) is 8.87. The number of carbonyl (C=O) groups is 3. The molecule has 2 N–H and O–H groups in total. The van der Waals surface area contributed by atoms with E-state index >= 15 is 0 Å². The molecule has 138 valence electrons. The molecule has 0 radical (unpaired) electrons. The third kappa shape index (κ3) is 7.42. The fourth-order valence-corrected chi connectivity index (χ4v) is 2.37. The van der Waals surface area contributed by atoms with Gasteiger partial charge in [-0.2, -0.15) is 0 Å². The zero-order valence-corrected chi connectivity index (χ0v) is 15.9. The van der Waals surface area contributed by atoms with Gasteiger partial charge in [-0.25, -0.2) is 5.43 Å². The van der Waals surface area contributed by atoms with Gasteiger partial charge in [0.1, 0.15) is 18.7 Å². The number of esters is 1. The number of rotatable bonds is 6. The van der Waals surface area contributed by atoms with Crippen molar-refractivity contribution in [1.82, 2.24) is 15.8 Å². The zero-order valence-electron chi connectivity index (χ0n) is 13.6. The van der Waals surface area contributed by atoms with Gasteiger partial charge in [0.05, 0.1) is 0 Å². The van der Waals surface area contributed by atoms with Gasteiger partial charge >= 0.3 is 5.97 Å². The fraction of sp³-hybridized carbons (Fsp3) is 0.786. The minimum Gasteiger partial charge on any atom is -0.460 e. The standard InChI is InChI=1S/C14H22Cl3N3O4/c1-3-5-11(21)18-9(2)12(22)20-7-4-6-10(19-20)13(23)24-8-14(15,16)17/h9-10,19H,3-8H2,1-2H3,(H,18,21). The Labute approximate surface area is 156 Å². The maximum atomic E-state index is 12.4. The second kappa shape index (κ2) is 9.65. The summed E-state index contributed by atoms with van der Waals surface area (Å²) in [6.45, 7) is 3.54. The summed E-state index contributed by atoms with van der Waals surface area (Å²) in [5.74, 6) is -1.10. The largest absolute Gasteiger partial charge is 0.460 e. The van der Waals surface area contributed by atoms with E-state index in [1.807, 2.05) is 6.92 Å². The summed E-state index contributed by atoms with van der Waals surface area (Å²) in [7, 11) is 0. The molecule has 7 nitrogen and oxygen atoms in total. The SMILES string of the molecule is CCCC(=O)NC(C)C(=O)N1CCCC(C(=O)OCC(Cl)(Cl)Cl)N1. The molecule has 1 aliphatic heterocycles. The van der Waals surface area contributed by atoms with Crippen molar-refractivity contribution in [2.75, 3.05) is 13.2 Å². The summed E-state index contributed by atoms with van der Waals surface area (Å²) in [6.07, 6.45) is 2.17. The van der Waals surface area contributed by atoms with Crippen LogP contribution in [0, 0.1) is 0 Å². The summed E-state index contributed by atoms with van der Waals surface area (Å²) in [6, 6.07) is -1.39. The van der Waals surface area contributed by atoms with Crippen LogP contribution in [0.25, 0.3) is 0 Å². The van der Waals surface area contributed by atoms with Gasteiger partial charge in [0, 0.05) is 13.0 Å². The maximum absolute atomic E-state index is 12.4. The average Bonchev–Trinajstić information content (AvgIpc) is 2.51. The van der Waals surface area contributed by atoms with Crippen LogP contribution in [0.4, 0.5) is 0 Å². The highest BCUT2D eigenvalue weighted by Crippen LogP contribution is 2.26. The number of carbonyl (C=O) groups excluding carboxylic acids is 3. The number of hydrogen-bond acceptors (Lipinski definition) is 5. The monoisotopic (exact) mass is 401 g/mol. The van der Waals surface area contributed by atoms with Crippen molar-refractivity contribution in [3.8, 4) is 0 Å². The number of ether oxygens (including phenoxy) is 1. The normalized spacial score (nSPS) is 19.5. The molecule has 1 heterocycles. The molecule has 1 rings (SSSR count). The second-order valence-electron chi connectivity index (χ2n) is 5.58. The van der Waals surface area contributed by atoms with Crippen molar-refractivity contribution in [2.24, 2.45) is 0 Å². The second-order valence-corrected chi connectivity index (χ2v) is 8.09. The maximum Gasteiger partial charge on any atom is 0.325 e. The Kier molecular flexibility index (Phi) is 8.56. The van der Waals surface area contributed by atoms with Crippen LogP contribution in [-0.2, 0) is 19.1 Å². The molecule has 24 heavy (non-hydrogen) atoms. The minimum atomic E-state index is -1.68. The highest BCUT2D eigenvalue weighted by Gasteiger charge is 2.32. The van der Waals surface area contributed by atoms with Crippen LogP contribution < -0.4 is 10.7 Å². The van der Waals surface area contributed by atoms with Crippen LogP contribution in [0.3, 0.4) is 0 Å². The molecule has 0 bridgehead atoms. The number of alkyl halides is 3. The fourth-order valence-electron chi connectivity index (χ4n) is 2.20. The Morgan fingerprint density at radius 2 is 2.04 bits per heavy atom. The van der Waals surface area contributed by atoms with E-state index in [9.17, 15) is 14.4 Å². The summed E-state index contributed by atoms with van der Waals surface area (Å²) < 4.78 is 3.24. The first-order chi connectivity index (χ1) is 11.1. The Bertz CT molecular complexity index is 471. The summed E-state index contributed by atoms with van der Waals surface area (Å²) >= 11 is 16.6. The Morgan fingerprint density at radius 1 is 1.38 bits per heavy atom. The molecule has 2 unspecified atom stereocenters. The highest BCUT2D eigenvalue weighted by atomic mass is 35.6. The molecule has 0 aliphatic carbocycles. The van der Waals surface area contributed by atoms with Crippen molar-refractivity contribution >= 4 is 52.6 Å². The molecular weight excluding hydrogens is 381 g/mol. The number of hydrazine groups is 1. The van der Waals surface area contributed by atoms with E-state index in [-0.39, 0.29) is 18.4 Å². The van der Waals surface area contributed by atoms with E-state index in [4.69, 9.17) is 39.5 Å². The smallest absolute Gasteiger partial charge is 0.325 e. The number of hydrogen-bond donors (Lipinski definition) is 2. The van der Waals surface area contributed by atoms with E-state index in [0.717, 1.165) is 0 Å². The van der Waals surface area contributed by atoms with Crippen LogP contribution >= 0.6 is 34.8 Å². The molecule has 0 saturated carbocycles. The average molecular weight is 403 g/mol. The van der Waals surface area contributed by atoms with Gasteiger partial charge in [-0.1, -0.05) is 41.7 Å². The lowest BCUT2D eigenvalue weighted by molar-refractivity contribution is -0.152. The lowest BCUT2D eigenvalue weighted by atomic mass is 10.1. The summed E-state index contributed by atoms with van der Waals surface area (Å²) in [4.78, 5) is 35.9. The minimum absolute atomic E-state index is 0.186. The van der Waals surface area contributed by atoms with Gasteiger partial charge in [0.2, 0.25) is 9.70 Å².